The Morgan fingerprint density at radius 1 is 1.07 bits per heavy atom. The molecule has 2 aromatic carbocycles. The quantitative estimate of drug-likeness (QED) is 0.581. The minimum atomic E-state index is -1.31. The number of carbonyl (C=O) groups excluding carboxylic acids is 2. The van der Waals surface area contributed by atoms with Crippen LogP contribution in [0.15, 0.2) is 48.5 Å². The lowest BCUT2D eigenvalue weighted by Gasteiger charge is -2.32. The number of thiophene rings is 1. The van der Waals surface area contributed by atoms with Gasteiger partial charge < -0.3 is 10.1 Å². The summed E-state index contributed by atoms with van der Waals surface area (Å²) < 4.78 is 5.68. The number of ketones is 1. The Morgan fingerprint density at radius 3 is 2.43 bits per heavy atom. The van der Waals surface area contributed by atoms with Gasteiger partial charge in [-0.05, 0) is 37.1 Å². The molecule has 1 aliphatic heterocycles. The van der Waals surface area contributed by atoms with Crippen molar-refractivity contribution in [2.24, 2.45) is 0 Å². The van der Waals surface area contributed by atoms with Gasteiger partial charge >= 0.3 is 0 Å². The van der Waals surface area contributed by atoms with E-state index >= 15 is 0 Å². The normalized spacial score (nSPS) is 18.6. The van der Waals surface area contributed by atoms with Gasteiger partial charge in [-0.3, -0.25) is 9.59 Å². The van der Waals surface area contributed by atoms with E-state index in [2.05, 4.69) is 5.32 Å². The lowest BCUT2D eigenvalue weighted by atomic mass is 9.72. The number of rotatable bonds is 3. The van der Waals surface area contributed by atoms with E-state index in [4.69, 9.17) is 16.3 Å². The fourth-order valence-corrected chi connectivity index (χ4v) is 4.90. The average molecular weight is 412 g/mol. The Kier molecular flexibility index (Phi) is 4.52. The van der Waals surface area contributed by atoms with Gasteiger partial charge in [-0.1, -0.05) is 53.6 Å². The molecule has 0 bridgehead atoms. The highest BCUT2D eigenvalue weighted by Gasteiger charge is 2.49. The molecule has 1 aliphatic rings. The Hall–Kier alpha value is -2.63. The summed E-state index contributed by atoms with van der Waals surface area (Å²) in [7, 11) is 1.60. The summed E-state index contributed by atoms with van der Waals surface area (Å²) >= 11 is 7.71. The van der Waals surface area contributed by atoms with Gasteiger partial charge in [-0.25, -0.2) is 0 Å². The van der Waals surface area contributed by atoms with E-state index in [0.717, 1.165) is 11.1 Å². The Balaban J connectivity index is 1.90. The summed E-state index contributed by atoms with van der Waals surface area (Å²) in [5.74, 6) is 0.133. The zero-order valence-electron chi connectivity index (χ0n) is 15.6. The largest absolute Gasteiger partial charge is 0.497 e. The summed E-state index contributed by atoms with van der Waals surface area (Å²) in [5.41, 5.74) is 2.26. The zero-order chi connectivity index (χ0) is 20.1. The molecule has 6 heteroatoms. The van der Waals surface area contributed by atoms with E-state index in [-0.39, 0.29) is 11.7 Å². The van der Waals surface area contributed by atoms with Crippen LogP contribution < -0.4 is 10.1 Å². The van der Waals surface area contributed by atoms with Gasteiger partial charge in [0.2, 0.25) is 5.91 Å². The Labute approximate surface area is 172 Å². The number of aryl methyl sites for hydroxylation is 1. The molecule has 1 amide bonds. The first kappa shape index (κ1) is 18.7. The fourth-order valence-electron chi connectivity index (χ4n) is 3.52. The number of anilines is 1. The molecule has 1 unspecified atom stereocenters. The van der Waals surface area contributed by atoms with Crippen LogP contribution >= 0.6 is 22.9 Å². The first-order chi connectivity index (χ1) is 13.4. The second-order valence-electron chi connectivity index (χ2n) is 6.96. The number of fused-ring (bicyclic) bond motifs is 1. The third-order valence-electron chi connectivity index (χ3n) is 5.20. The van der Waals surface area contributed by atoms with E-state index in [1.165, 1.54) is 11.3 Å². The second-order valence-corrected chi connectivity index (χ2v) is 8.58. The number of amides is 1. The van der Waals surface area contributed by atoms with Crippen LogP contribution in [-0.2, 0) is 10.2 Å². The van der Waals surface area contributed by atoms with Gasteiger partial charge in [0.25, 0.3) is 0 Å². The molecule has 2 heterocycles. The van der Waals surface area contributed by atoms with Crippen LogP contribution in [0.5, 0.6) is 5.75 Å². The molecule has 0 saturated carbocycles. The summed E-state index contributed by atoms with van der Waals surface area (Å²) in [4.78, 5) is 26.6. The van der Waals surface area contributed by atoms with Crippen molar-refractivity contribution in [3.8, 4) is 16.9 Å². The van der Waals surface area contributed by atoms with E-state index in [0.29, 0.717) is 31.8 Å². The number of nitrogens with one attached hydrogen (secondary N) is 1. The fraction of sp³-hybridized carbons (Fsp3) is 0.182. The van der Waals surface area contributed by atoms with Crippen LogP contribution in [0.25, 0.3) is 11.1 Å². The van der Waals surface area contributed by atoms with Gasteiger partial charge in [0.15, 0.2) is 5.78 Å². The molecular weight excluding hydrogens is 394 g/mol. The molecule has 0 fully saturated rings. The molecule has 4 nitrogen and oxygen atoms in total. The Morgan fingerprint density at radius 2 is 1.79 bits per heavy atom. The minimum Gasteiger partial charge on any atom is -0.497 e. The van der Waals surface area contributed by atoms with Crippen molar-refractivity contribution < 1.29 is 14.3 Å². The molecule has 1 N–H and O–H groups in total. The number of benzene rings is 2. The summed E-state index contributed by atoms with van der Waals surface area (Å²) in [6, 6.07) is 14.9. The van der Waals surface area contributed by atoms with Crippen LogP contribution in [-0.4, -0.2) is 18.8 Å². The van der Waals surface area contributed by atoms with E-state index in [1.54, 1.807) is 14.0 Å². The predicted octanol–water partition coefficient (Wildman–Crippen LogP) is 5.48. The molecule has 0 aliphatic carbocycles. The van der Waals surface area contributed by atoms with Crippen molar-refractivity contribution >= 4 is 39.6 Å². The molecule has 3 aromatic rings. The predicted molar refractivity (Wildman–Crippen MR) is 113 cm³/mol. The standard InChI is InChI=1S/C22H18ClNO3S/c1-12-5-4-6-14(11-12)22(2)18(25)17-16(13-7-9-15(27-3)10-8-13)19(23)28-20(17)24-21(22)26/h4-11H,1-3H3,(H,24,26). The number of Topliss-reactive ketones (excluding diaryl/α,β-unsaturated/α-hetero) is 1. The molecular formula is C22H18ClNO3S. The van der Waals surface area contributed by atoms with Crippen molar-refractivity contribution in [1.82, 2.24) is 0 Å². The zero-order valence-corrected chi connectivity index (χ0v) is 17.2. The van der Waals surface area contributed by atoms with Crippen LogP contribution in [0.2, 0.25) is 4.34 Å². The smallest absolute Gasteiger partial charge is 0.243 e. The first-order valence-corrected chi connectivity index (χ1v) is 9.96. The molecule has 142 valence electrons. The molecule has 0 spiro atoms. The highest BCUT2D eigenvalue weighted by atomic mass is 35.5. The molecule has 0 saturated heterocycles. The number of methoxy groups -OCH3 is 1. The minimum absolute atomic E-state index is 0.245. The van der Waals surface area contributed by atoms with Crippen molar-refractivity contribution in [2.45, 2.75) is 19.3 Å². The molecule has 4 rings (SSSR count). The van der Waals surface area contributed by atoms with E-state index < -0.39 is 5.41 Å². The monoisotopic (exact) mass is 411 g/mol. The topological polar surface area (TPSA) is 55.4 Å². The lowest BCUT2D eigenvalue weighted by molar-refractivity contribution is -0.119. The molecule has 1 atom stereocenters. The summed E-state index contributed by atoms with van der Waals surface area (Å²) in [6.45, 7) is 3.61. The summed E-state index contributed by atoms with van der Waals surface area (Å²) in [6.07, 6.45) is 0. The van der Waals surface area contributed by atoms with Crippen LogP contribution in [0, 0.1) is 6.92 Å². The molecule has 28 heavy (non-hydrogen) atoms. The highest BCUT2D eigenvalue weighted by Crippen LogP contribution is 2.49. The van der Waals surface area contributed by atoms with Gasteiger partial charge in [0, 0.05) is 5.56 Å². The van der Waals surface area contributed by atoms with E-state index in [1.807, 2.05) is 55.5 Å². The Bertz CT molecular complexity index is 1100. The van der Waals surface area contributed by atoms with Crippen molar-refractivity contribution in [2.75, 3.05) is 12.4 Å². The van der Waals surface area contributed by atoms with Gasteiger partial charge in [-0.15, -0.1) is 11.3 Å². The summed E-state index contributed by atoms with van der Waals surface area (Å²) in [5, 5.41) is 3.40. The van der Waals surface area contributed by atoms with Crippen LogP contribution in [0.3, 0.4) is 0 Å². The van der Waals surface area contributed by atoms with Crippen LogP contribution in [0.4, 0.5) is 5.00 Å². The maximum Gasteiger partial charge on any atom is 0.243 e. The van der Waals surface area contributed by atoms with Crippen molar-refractivity contribution in [3.63, 3.8) is 0 Å². The van der Waals surface area contributed by atoms with Crippen LogP contribution in [0.1, 0.15) is 28.4 Å². The number of hydrogen-bond donors (Lipinski definition) is 1. The average Bonchev–Trinajstić information content (AvgIpc) is 3.02. The highest BCUT2D eigenvalue weighted by molar-refractivity contribution is 7.21. The SMILES string of the molecule is COc1ccc(-c2c(Cl)sc3c2C(=O)C(C)(c2cccc(C)c2)C(=O)N3)cc1. The maximum absolute atomic E-state index is 13.7. The molecule has 1 aromatic heterocycles. The van der Waals surface area contributed by atoms with Gasteiger partial charge in [0.1, 0.15) is 20.5 Å². The lowest BCUT2D eigenvalue weighted by Crippen LogP contribution is -2.48. The second kappa shape index (κ2) is 6.76. The third kappa shape index (κ3) is 2.74. The number of carbonyl (C=O) groups is 2. The number of hydrogen-bond acceptors (Lipinski definition) is 4. The third-order valence-corrected chi connectivity index (χ3v) is 6.52. The van der Waals surface area contributed by atoms with Crippen molar-refractivity contribution in [3.05, 3.63) is 69.6 Å². The number of halogens is 1. The maximum atomic E-state index is 13.7. The van der Waals surface area contributed by atoms with E-state index in [9.17, 15) is 9.59 Å². The van der Waals surface area contributed by atoms with Gasteiger partial charge in [0.05, 0.1) is 12.7 Å². The van der Waals surface area contributed by atoms with Gasteiger partial charge in [-0.2, -0.15) is 0 Å². The molecule has 0 radical (unpaired) electrons. The first-order valence-electron chi connectivity index (χ1n) is 8.76. The number of ether oxygens (including phenoxy) is 1. The van der Waals surface area contributed by atoms with Crippen molar-refractivity contribution in [1.29, 1.82) is 0 Å².